The number of hydrogen-bond donors (Lipinski definition) is 1. The summed E-state index contributed by atoms with van der Waals surface area (Å²) in [6.45, 7) is 2.29. The average molecular weight is 224 g/mol. The summed E-state index contributed by atoms with van der Waals surface area (Å²) in [5.41, 5.74) is 1.23. The predicted octanol–water partition coefficient (Wildman–Crippen LogP) is 2.86. The van der Waals surface area contributed by atoms with Gasteiger partial charge in [0.15, 0.2) is 0 Å². The van der Waals surface area contributed by atoms with Crippen molar-refractivity contribution in [2.24, 2.45) is 0 Å². The van der Waals surface area contributed by atoms with E-state index in [2.05, 4.69) is 12.6 Å². The summed E-state index contributed by atoms with van der Waals surface area (Å²) in [6, 6.07) is 7.99. The normalized spacial score (nSPS) is 10.0. The van der Waals surface area contributed by atoms with Crippen LogP contribution in [0, 0.1) is 0 Å². The quantitative estimate of drug-likeness (QED) is 0.615. The van der Waals surface area contributed by atoms with E-state index in [-0.39, 0.29) is 5.97 Å². The highest BCUT2D eigenvalue weighted by atomic mass is 32.1. The molecule has 0 bridgehead atoms. The van der Waals surface area contributed by atoms with E-state index in [9.17, 15) is 4.79 Å². The zero-order valence-corrected chi connectivity index (χ0v) is 9.80. The summed E-state index contributed by atoms with van der Waals surface area (Å²) >= 11 is 4.21. The van der Waals surface area contributed by atoms with Crippen LogP contribution >= 0.6 is 12.6 Å². The van der Waals surface area contributed by atoms with Crippen LogP contribution in [0.15, 0.2) is 29.2 Å². The van der Waals surface area contributed by atoms with Crippen LogP contribution in [0.4, 0.5) is 0 Å². The Labute approximate surface area is 96.1 Å². The summed E-state index contributed by atoms with van der Waals surface area (Å²) in [6.07, 6.45) is 2.24. The molecule has 82 valence electrons. The number of rotatable bonds is 5. The summed E-state index contributed by atoms with van der Waals surface area (Å²) in [4.78, 5) is 12.0. The molecule has 3 heteroatoms. The summed E-state index contributed by atoms with van der Waals surface area (Å²) in [5, 5.41) is 0. The smallest absolute Gasteiger partial charge is 0.305 e. The fraction of sp³-hybridized carbons (Fsp3) is 0.417. The molecule has 0 amide bonds. The van der Waals surface area contributed by atoms with Gasteiger partial charge in [0.25, 0.3) is 0 Å². The Morgan fingerprint density at radius 2 is 2.00 bits per heavy atom. The van der Waals surface area contributed by atoms with E-state index in [0.717, 1.165) is 17.7 Å². The van der Waals surface area contributed by atoms with Crippen molar-refractivity contribution >= 4 is 18.6 Å². The molecular weight excluding hydrogens is 208 g/mol. The van der Waals surface area contributed by atoms with Gasteiger partial charge in [0, 0.05) is 11.3 Å². The first kappa shape index (κ1) is 12.1. The molecule has 0 aliphatic heterocycles. The standard InChI is InChI=1S/C12H16O2S/c1-2-14-12(13)5-3-4-10-6-8-11(15)9-7-10/h6-9,15H,2-5H2,1H3. The SMILES string of the molecule is CCOC(=O)CCCc1ccc(S)cc1. The Bertz CT molecular complexity index is 306. The molecule has 0 saturated heterocycles. The van der Waals surface area contributed by atoms with E-state index < -0.39 is 0 Å². The Balaban J connectivity index is 2.26. The first-order valence-electron chi connectivity index (χ1n) is 5.16. The van der Waals surface area contributed by atoms with Crippen LogP contribution in [0.3, 0.4) is 0 Å². The predicted molar refractivity (Wildman–Crippen MR) is 63.3 cm³/mol. The van der Waals surface area contributed by atoms with Gasteiger partial charge >= 0.3 is 5.97 Å². The largest absolute Gasteiger partial charge is 0.466 e. The van der Waals surface area contributed by atoms with Crippen LogP contribution in [0.5, 0.6) is 0 Å². The molecule has 0 heterocycles. The van der Waals surface area contributed by atoms with Gasteiger partial charge in [0.05, 0.1) is 6.61 Å². The maximum atomic E-state index is 11.1. The minimum atomic E-state index is -0.108. The molecule has 0 N–H and O–H groups in total. The van der Waals surface area contributed by atoms with Crippen molar-refractivity contribution in [3.05, 3.63) is 29.8 Å². The summed E-state index contributed by atoms with van der Waals surface area (Å²) < 4.78 is 4.85. The van der Waals surface area contributed by atoms with Gasteiger partial charge in [-0.15, -0.1) is 12.6 Å². The van der Waals surface area contributed by atoms with Gasteiger partial charge in [0.2, 0.25) is 0 Å². The van der Waals surface area contributed by atoms with E-state index in [4.69, 9.17) is 4.74 Å². The Kier molecular flexibility index (Phi) is 5.26. The van der Waals surface area contributed by atoms with Crippen molar-refractivity contribution in [3.8, 4) is 0 Å². The molecule has 0 fully saturated rings. The number of esters is 1. The van der Waals surface area contributed by atoms with Crippen LogP contribution in [0.2, 0.25) is 0 Å². The van der Waals surface area contributed by atoms with Crippen LogP contribution in [0.25, 0.3) is 0 Å². The number of hydrogen-bond acceptors (Lipinski definition) is 3. The van der Waals surface area contributed by atoms with Gasteiger partial charge in [-0.25, -0.2) is 0 Å². The fourth-order valence-electron chi connectivity index (χ4n) is 1.33. The van der Waals surface area contributed by atoms with E-state index in [1.165, 1.54) is 5.56 Å². The van der Waals surface area contributed by atoms with E-state index in [1.54, 1.807) is 0 Å². The third kappa shape index (κ3) is 4.88. The Morgan fingerprint density at radius 1 is 1.33 bits per heavy atom. The van der Waals surface area contributed by atoms with Gasteiger partial charge in [-0.1, -0.05) is 12.1 Å². The van der Waals surface area contributed by atoms with Crippen LogP contribution in [0.1, 0.15) is 25.3 Å². The molecule has 15 heavy (non-hydrogen) atoms. The van der Waals surface area contributed by atoms with Crippen molar-refractivity contribution in [1.29, 1.82) is 0 Å². The van der Waals surface area contributed by atoms with E-state index in [0.29, 0.717) is 13.0 Å². The Morgan fingerprint density at radius 3 is 2.60 bits per heavy atom. The van der Waals surface area contributed by atoms with E-state index >= 15 is 0 Å². The van der Waals surface area contributed by atoms with Crippen LogP contribution in [-0.4, -0.2) is 12.6 Å². The first-order chi connectivity index (χ1) is 7.22. The molecular formula is C12H16O2S. The third-order valence-corrected chi connectivity index (χ3v) is 2.39. The van der Waals surface area contributed by atoms with Gasteiger partial charge in [-0.3, -0.25) is 4.79 Å². The number of thiol groups is 1. The summed E-state index contributed by atoms with van der Waals surface area (Å²) in [5.74, 6) is -0.108. The van der Waals surface area contributed by atoms with Gasteiger partial charge in [0.1, 0.15) is 0 Å². The lowest BCUT2D eigenvalue weighted by Crippen LogP contribution is -2.03. The zero-order valence-electron chi connectivity index (χ0n) is 8.90. The molecule has 0 spiro atoms. The Hall–Kier alpha value is -0.960. The van der Waals surface area contributed by atoms with Crippen LogP contribution in [-0.2, 0) is 16.0 Å². The fourth-order valence-corrected chi connectivity index (χ4v) is 1.48. The van der Waals surface area contributed by atoms with Crippen molar-refractivity contribution in [2.75, 3.05) is 6.61 Å². The molecule has 0 radical (unpaired) electrons. The molecule has 2 nitrogen and oxygen atoms in total. The van der Waals surface area contributed by atoms with Crippen molar-refractivity contribution in [3.63, 3.8) is 0 Å². The minimum absolute atomic E-state index is 0.108. The van der Waals surface area contributed by atoms with Gasteiger partial charge in [-0.05, 0) is 37.5 Å². The molecule has 0 aliphatic rings. The highest BCUT2D eigenvalue weighted by molar-refractivity contribution is 7.80. The minimum Gasteiger partial charge on any atom is -0.466 e. The molecule has 0 aliphatic carbocycles. The lowest BCUT2D eigenvalue weighted by molar-refractivity contribution is -0.143. The molecule has 1 rings (SSSR count). The lowest BCUT2D eigenvalue weighted by Gasteiger charge is -2.02. The molecule has 1 aromatic carbocycles. The summed E-state index contributed by atoms with van der Waals surface area (Å²) in [7, 11) is 0. The second kappa shape index (κ2) is 6.51. The molecule has 0 unspecified atom stereocenters. The number of aryl methyl sites for hydroxylation is 1. The van der Waals surface area contributed by atoms with E-state index in [1.807, 2.05) is 31.2 Å². The van der Waals surface area contributed by atoms with Gasteiger partial charge in [-0.2, -0.15) is 0 Å². The molecule has 0 aromatic heterocycles. The highest BCUT2D eigenvalue weighted by Gasteiger charge is 2.01. The second-order valence-corrected chi connectivity index (χ2v) is 3.84. The second-order valence-electron chi connectivity index (χ2n) is 3.33. The number of carbonyl (C=O) groups is 1. The number of benzene rings is 1. The van der Waals surface area contributed by atoms with Crippen molar-refractivity contribution < 1.29 is 9.53 Å². The maximum Gasteiger partial charge on any atom is 0.305 e. The monoisotopic (exact) mass is 224 g/mol. The molecule has 0 atom stereocenters. The first-order valence-corrected chi connectivity index (χ1v) is 5.60. The lowest BCUT2D eigenvalue weighted by atomic mass is 10.1. The van der Waals surface area contributed by atoms with Crippen molar-refractivity contribution in [2.45, 2.75) is 31.1 Å². The zero-order chi connectivity index (χ0) is 11.1. The molecule has 0 saturated carbocycles. The highest BCUT2D eigenvalue weighted by Crippen LogP contribution is 2.10. The number of ether oxygens (including phenoxy) is 1. The molecule has 1 aromatic rings. The third-order valence-electron chi connectivity index (χ3n) is 2.09. The topological polar surface area (TPSA) is 26.3 Å². The van der Waals surface area contributed by atoms with Crippen LogP contribution < -0.4 is 0 Å². The van der Waals surface area contributed by atoms with Crippen molar-refractivity contribution in [1.82, 2.24) is 0 Å². The maximum absolute atomic E-state index is 11.1. The van der Waals surface area contributed by atoms with Gasteiger partial charge < -0.3 is 4.74 Å². The average Bonchev–Trinajstić information content (AvgIpc) is 2.21. The number of carbonyl (C=O) groups excluding carboxylic acids is 1.